The topological polar surface area (TPSA) is 49.5 Å². The van der Waals surface area contributed by atoms with Crippen LogP contribution in [0.5, 0.6) is 0 Å². The molecule has 2 rings (SSSR count). The van der Waals surface area contributed by atoms with Crippen LogP contribution in [0.3, 0.4) is 0 Å². The fraction of sp³-hybridized carbons (Fsp3) is 0.368. The van der Waals surface area contributed by atoms with Gasteiger partial charge in [-0.05, 0) is 31.5 Å². The van der Waals surface area contributed by atoms with Crippen molar-refractivity contribution in [2.75, 3.05) is 13.6 Å². The van der Waals surface area contributed by atoms with Crippen LogP contribution in [0, 0.1) is 0 Å². The quantitative estimate of drug-likeness (QED) is 0.826. The number of rotatable bonds is 7. The summed E-state index contributed by atoms with van der Waals surface area (Å²) >= 11 is 0. The second-order valence-corrected chi connectivity index (χ2v) is 5.95. The summed E-state index contributed by atoms with van der Waals surface area (Å²) in [6.07, 6.45) is 0.145. The smallest absolute Gasteiger partial charge is 0.0821 e. The van der Waals surface area contributed by atoms with Crippen molar-refractivity contribution in [1.29, 1.82) is 0 Å². The molecule has 0 spiro atoms. The number of benzene rings is 2. The molecule has 0 aliphatic carbocycles. The predicted molar refractivity (Wildman–Crippen MR) is 91.6 cm³/mol. The summed E-state index contributed by atoms with van der Waals surface area (Å²) < 4.78 is 0. The zero-order chi connectivity index (χ0) is 15.9. The second-order valence-electron chi connectivity index (χ2n) is 5.95. The van der Waals surface area contributed by atoms with E-state index in [1.807, 2.05) is 55.6 Å². The van der Waals surface area contributed by atoms with Crippen LogP contribution in [-0.4, -0.2) is 35.7 Å². The highest BCUT2D eigenvalue weighted by atomic mass is 16.3. The van der Waals surface area contributed by atoms with Gasteiger partial charge < -0.3 is 10.8 Å². The molecule has 2 aromatic carbocycles. The predicted octanol–water partition coefficient (Wildman–Crippen LogP) is 2.61. The molecular formula is C19H26N2O. The zero-order valence-corrected chi connectivity index (χ0v) is 13.4. The van der Waals surface area contributed by atoms with Crippen molar-refractivity contribution in [3.8, 4) is 0 Å². The molecule has 0 heterocycles. The molecule has 3 heteroatoms. The first-order chi connectivity index (χ1) is 10.6. The van der Waals surface area contributed by atoms with Gasteiger partial charge in [-0.25, -0.2) is 0 Å². The first-order valence-corrected chi connectivity index (χ1v) is 7.80. The van der Waals surface area contributed by atoms with Crippen LogP contribution in [0.1, 0.15) is 24.1 Å². The number of likely N-dealkylation sites (N-methyl/N-ethyl adjacent to an activating group) is 1. The Bertz CT molecular complexity index is 544. The lowest BCUT2D eigenvalue weighted by molar-refractivity contribution is 0.0870. The minimum Gasteiger partial charge on any atom is -0.390 e. The Kier molecular flexibility index (Phi) is 6.13. The van der Waals surface area contributed by atoms with Crippen LogP contribution in [-0.2, 0) is 6.42 Å². The Morgan fingerprint density at radius 1 is 1.00 bits per heavy atom. The maximum absolute atomic E-state index is 10.4. The summed E-state index contributed by atoms with van der Waals surface area (Å²) in [5.74, 6) is 0. The maximum atomic E-state index is 10.4. The molecule has 2 aromatic rings. The molecule has 0 aliphatic rings. The third-order valence-corrected chi connectivity index (χ3v) is 4.23. The molecule has 0 saturated heterocycles. The molecule has 3 N–H and O–H groups in total. The van der Waals surface area contributed by atoms with E-state index in [4.69, 9.17) is 5.73 Å². The molecule has 0 bridgehead atoms. The van der Waals surface area contributed by atoms with Crippen LogP contribution in [0.15, 0.2) is 60.7 Å². The van der Waals surface area contributed by atoms with Gasteiger partial charge in [0.25, 0.3) is 0 Å². The fourth-order valence-corrected chi connectivity index (χ4v) is 2.60. The van der Waals surface area contributed by atoms with E-state index in [9.17, 15) is 5.11 Å². The lowest BCUT2D eigenvalue weighted by Crippen LogP contribution is -2.44. The third kappa shape index (κ3) is 4.67. The van der Waals surface area contributed by atoms with Gasteiger partial charge >= 0.3 is 0 Å². The number of aliphatic hydroxyl groups excluding tert-OH is 1. The number of nitrogens with zero attached hydrogens (tertiary/aromatic N) is 1. The average Bonchev–Trinajstić information content (AvgIpc) is 2.55. The minimum absolute atomic E-state index is 0.250. The molecule has 0 radical (unpaired) electrons. The van der Waals surface area contributed by atoms with E-state index < -0.39 is 6.10 Å². The van der Waals surface area contributed by atoms with Gasteiger partial charge in [0.15, 0.2) is 0 Å². The molecular weight excluding hydrogens is 272 g/mol. The SMILES string of the molecule is C[C@H](c1ccccc1)N(C)C[C@@H](O)[C@@H](N)Cc1ccccc1. The van der Waals surface area contributed by atoms with Crippen LogP contribution < -0.4 is 5.73 Å². The van der Waals surface area contributed by atoms with Crippen LogP contribution in [0.4, 0.5) is 0 Å². The molecule has 0 fully saturated rings. The van der Waals surface area contributed by atoms with Crippen LogP contribution >= 0.6 is 0 Å². The molecule has 0 amide bonds. The fourth-order valence-electron chi connectivity index (χ4n) is 2.60. The molecule has 3 nitrogen and oxygen atoms in total. The van der Waals surface area contributed by atoms with Crippen molar-refractivity contribution in [3.05, 3.63) is 71.8 Å². The molecule has 0 aliphatic heterocycles. The van der Waals surface area contributed by atoms with Crippen molar-refractivity contribution < 1.29 is 5.11 Å². The van der Waals surface area contributed by atoms with Gasteiger partial charge in [-0.2, -0.15) is 0 Å². The number of hydrogen-bond donors (Lipinski definition) is 2. The summed E-state index contributed by atoms with van der Waals surface area (Å²) in [6, 6.07) is 20.4. The van der Waals surface area contributed by atoms with E-state index in [1.165, 1.54) is 5.56 Å². The first kappa shape index (κ1) is 16.7. The molecule has 22 heavy (non-hydrogen) atoms. The standard InChI is InChI=1S/C19H26N2O/c1-15(17-11-7-4-8-12-17)21(2)14-19(22)18(20)13-16-9-5-3-6-10-16/h3-12,15,18-19,22H,13-14,20H2,1-2H3/t15-,18+,19-/m1/s1. The Hall–Kier alpha value is -1.68. The normalized spacial score (nSPS) is 15.5. The Morgan fingerprint density at radius 2 is 1.55 bits per heavy atom. The summed E-state index contributed by atoms with van der Waals surface area (Å²) in [4.78, 5) is 2.14. The monoisotopic (exact) mass is 298 g/mol. The Morgan fingerprint density at radius 3 is 2.14 bits per heavy atom. The summed E-state index contributed by atoms with van der Waals surface area (Å²) in [6.45, 7) is 2.70. The Balaban J connectivity index is 1.89. The van der Waals surface area contributed by atoms with Crippen molar-refractivity contribution in [3.63, 3.8) is 0 Å². The highest BCUT2D eigenvalue weighted by Crippen LogP contribution is 2.18. The van der Waals surface area contributed by atoms with Crippen molar-refractivity contribution in [2.24, 2.45) is 5.73 Å². The molecule has 0 aromatic heterocycles. The average molecular weight is 298 g/mol. The van der Waals surface area contributed by atoms with Gasteiger partial charge in [0.1, 0.15) is 0 Å². The van der Waals surface area contributed by atoms with Gasteiger partial charge in [-0.3, -0.25) is 4.90 Å². The van der Waals surface area contributed by atoms with Gasteiger partial charge in [-0.15, -0.1) is 0 Å². The van der Waals surface area contributed by atoms with Crippen LogP contribution in [0.2, 0.25) is 0 Å². The van der Waals surface area contributed by atoms with Crippen molar-refractivity contribution >= 4 is 0 Å². The second kappa shape index (κ2) is 8.08. The van der Waals surface area contributed by atoms with E-state index >= 15 is 0 Å². The van der Waals surface area contributed by atoms with E-state index in [0.717, 1.165) is 5.56 Å². The van der Waals surface area contributed by atoms with E-state index in [-0.39, 0.29) is 12.1 Å². The zero-order valence-electron chi connectivity index (χ0n) is 13.4. The van der Waals surface area contributed by atoms with Gasteiger partial charge in [0.05, 0.1) is 6.10 Å². The number of nitrogens with two attached hydrogens (primary N) is 1. The molecule has 0 saturated carbocycles. The summed E-state index contributed by atoms with van der Waals surface area (Å²) in [5.41, 5.74) is 8.56. The largest absolute Gasteiger partial charge is 0.390 e. The van der Waals surface area contributed by atoms with E-state index in [0.29, 0.717) is 13.0 Å². The van der Waals surface area contributed by atoms with Crippen molar-refractivity contribution in [1.82, 2.24) is 4.90 Å². The third-order valence-electron chi connectivity index (χ3n) is 4.23. The van der Waals surface area contributed by atoms with E-state index in [2.05, 4.69) is 24.0 Å². The lowest BCUT2D eigenvalue weighted by atomic mass is 10.0. The molecule has 3 atom stereocenters. The number of aliphatic hydroxyl groups is 1. The van der Waals surface area contributed by atoms with Crippen molar-refractivity contribution in [2.45, 2.75) is 31.5 Å². The van der Waals surface area contributed by atoms with Gasteiger partial charge in [-0.1, -0.05) is 60.7 Å². The number of hydrogen-bond acceptors (Lipinski definition) is 3. The highest BCUT2D eigenvalue weighted by molar-refractivity contribution is 5.18. The molecule has 118 valence electrons. The minimum atomic E-state index is -0.545. The molecule has 0 unspecified atom stereocenters. The highest BCUT2D eigenvalue weighted by Gasteiger charge is 2.20. The van der Waals surface area contributed by atoms with Gasteiger partial charge in [0, 0.05) is 18.6 Å². The summed E-state index contributed by atoms with van der Waals surface area (Å²) in [5, 5.41) is 10.4. The summed E-state index contributed by atoms with van der Waals surface area (Å²) in [7, 11) is 2.02. The first-order valence-electron chi connectivity index (χ1n) is 7.80. The maximum Gasteiger partial charge on any atom is 0.0821 e. The van der Waals surface area contributed by atoms with Gasteiger partial charge in [0.2, 0.25) is 0 Å². The Labute approximate surface area is 133 Å². The van der Waals surface area contributed by atoms with E-state index in [1.54, 1.807) is 0 Å². The van der Waals surface area contributed by atoms with Crippen LogP contribution in [0.25, 0.3) is 0 Å². The lowest BCUT2D eigenvalue weighted by Gasteiger charge is -2.29.